The highest BCUT2D eigenvalue weighted by molar-refractivity contribution is 5.45. The molecular formula is C14H18N4O. The van der Waals surface area contributed by atoms with E-state index in [0.717, 1.165) is 12.1 Å². The lowest BCUT2D eigenvalue weighted by atomic mass is 10.1. The van der Waals surface area contributed by atoms with Crippen molar-refractivity contribution >= 4 is 5.82 Å². The number of rotatable bonds is 5. The SMILES string of the molecule is COc1nccnc1NC(C)Cc1ncccc1C. The normalized spacial score (nSPS) is 11.9. The van der Waals surface area contributed by atoms with Crippen molar-refractivity contribution in [1.29, 1.82) is 0 Å². The molecule has 100 valence electrons. The van der Waals surface area contributed by atoms with Gasteiger partial charge in [0.05, 0.1) is 7.11 Å². The van der Waals surface area contributed by atoms with E-state index in [9.17, 15) is 0 Å². The molecule has 2 aromatic rings. The minimum absolute atomic E-state index is 0.194. The number of hydrogen-bond donors (Lipinski definition) is 1. The molecule has 0 fully saturated rings. The third-order valence-corrected chi connectivity index (χ3v) is 2.86. The number of pyridine rings is 1. The molecule has 1 N–H and O–H groups in total. The van der Waals surface area contributed by atoms with Crippen molar-refractivity contribution < 1.29 is 4.74 Å². The Balaban J connectivity index is 2.05. The smallest absolute Gasteiger partial charge is 0.257 e. The first-order valence-electron chi connectivity index (χ1n) is 6.22. The first-order valence-corrected chi connectivity index (χ1v) is 6.22. The van der Waals surface area contributed by atoms with E-state index in [1.165, 1.54) is 5.56 Å². The fraction of sp³-hybridized carbons (Fsp3) is 0.357. The molecule has 0 saturated heterocycles. The first kappa shape index (κ1) is 13.3. The summed E-state index contributed by atoms with van der Waals surface area (Å²) in [7, 11) is 1.59. The Morgan fingerprint density at radius 3 is 2.74 bits per heavy atom. The molecule has 1 atom stereocenters. The van der Waals surface area contributed by atoms with Crippen molar-refractivity contribution in [1.82, 2.24) is 15.0 Å². The molecule has 5 heteroatoms. The highest BCUT2D eigenvalue weighted by Gasteiger charge is 2.11. The Hall–Kier alpha value is -2.17. The summed E-state index contributed by atoms with van der Waals surface area (Å²) in [4.78, 5) is 12.7. The Morgan fingerprint density at radius 1 is 1.21 bits per heavy atom. The summed E-state index contributed by atoms with van der Waals surface area (Å²) in [6, 6.07) is 4.21. The summed E-state index contributed by atoms with van der Waals surface area (Å²) in [6.07, 6.45) is 5.89. The predicted octanol–water partition coefficient (Wildman–Crippen LogP) is 2.23. The highest BCUT2D eigenvalue weighted by atomic mass is 16.5. The first-order chi connectivity index (χ1) is 9.20. The van der Waals surface area contributed by atoms with Crippen LogP contribution < -0.4 is 10.1 Å². The summed E-state index contributed by atoms with van der Waals surface area (Å²) < 4.78 is 5.17. The molecule has 0 spiro atoms. The van der Waals surface area contributed by atoms with Crippen LogP contribution in [0.2, 0.25) is 0 Å². The summed E-state index contributed by atoms with van der Waals surface area (Å²) in [5.41, 5.74) is 2.28. The van der Waals surface area contributed by atoms with Crippen LogP contribution in [0.3, 0.4) is 0 Å². The lowest BCUT2D eigenvalue weighted by molar-refractivity contribution is 0.397. The highest BCUT2D eigenvalue weighted by Crippen LogP contribution is 2.18. The third kappa shape index (κ3) is 3.40. The molecule has 0 bridgehead atoms. The van der Waals surface area contributed by atoms with Crippen molar-refractivity contribution in [3.05, 3.63) is 42.0 Å². The van der Waals surface area contributed by atoms with E-state index in [-0.39, 0.29) is 6.04 Å². The van der Waals surface area contributed by atoms with Gasteiger partial charge in [0.15, 0.2) is 5.82 Å². The molecule has 0 aromatic carbocycles. The predicted molar refractivity (Wildman–Crippen MR) is 74.3 cm³/mol. The van der Waals surface area contributed by atoms with E-state index >= 15 is 0 Å². The van der Waals surface area contributed by atoms with E-state index in [0.29, 0.717) is 11.7 Å². The summed E-state index contributed by atoms with van der Waals surface area (Å²) in [5, 5.41) is 3.30. The van der Waals surface area contributed by atoms with Crippen LogP contribution in [-0.4, -0.2) is 28.1 Å². The van der Waals surface area contributed by atoms with E-state index in [4.69, 9.17) is 4.74 Å². The second-order valence-corrected chi connectivity index (χ2v) is 4.43. The van der Waals surface area contributed by atoms with Gasteiger partial charge in [0.25, 0.3) is 5.88 Å². The van der Waals surface area contributed by atoms with Crippen molar-refractivity contribution in [2.45, 2.75) is 26.3 Å². The van der Waals surface area contributed by atoms with E-state index in [1.807, 2.05) is 12.3 Å². The monoisotopic (exact) mass is 258 g/mol. The van der Waals surface area contributed by atoms with Gasteiger partial charge >= 0.3 is 0 Å². The van der Waals surface area contributed by atoms with Crippen molar-refractivity contribution in [3.63, 3.8) is 0 Å². The van der Waals surface area contributed by atoms with E-state index < -0.39 is 0 Å². The molecule has 0 amide bonds. The number of nitrogens with one attached hydrogen (secondary N) is 1. The second kappa shape index (κ2) is 6.13. The number of nitrogens with zero attached hydrogens (tertiary/aromatic N) is 3. The zero-order valence-corrected chi connectivity index (χ0v) is 11.4. The number of ether oxygens (including phenoxy) is 1. The van der Waals surface area contributed by atoms with Crippen molar-refractivity contribution in [3.8, 4) is 5.88 Å². The van der Waals surface area contributed by atoms with Crippen LogP contribution in [0.5, 0.6) is 5.88 Å². The fourth-order valence-corrected chi connectivity index (χ4v) is 1.88. The van der Waals surface area contributed by atoms with Gasteiger partial charge in [-0.15, -0.1) is 0 Å². The average Bonchev–Trinajstić information content (AvgIpc) is 2.42. The molecule has 0 saturated carbocycles. The van der Waals surface area contributed by atoms with Crippen LogP contribution in [0.25, 0.3) is 0 Å². The Labute approximate surface area is 113 Å². The minimum atomic E-state index is 0.194. The van der Waals surface area contributed by atoms with Gasteiger partial charge in [-0.3, -0.25) is 4.98 Å². The zero-order chi connectivity index (χ0) is 13.7. The number of anilines is 1. The van der Waals surface area contributed by atoms with E-state index in [2.05, 4.69) is 40.2 Å². The van der Waals surface area contributed by atoms with Gasteiger partial charge in [0.1, 0.15) is 0 Å². The lowest BCUT2D eigenvalue weighted by Gasteiger charge is -2.16. The Kier molecular flexibility index (Phi) is 4.28. The van der Waals surface area contributed by atoms with E-state index in [1.54, 1.807) is 19.5 Å². The number of aryl methyl sites for hydroxylation is 1. The van der Waals surface area contributed by atoms with Crippen LogP contribution in [0.1, 0.15) is 18.2 Å². The van der Waals surface area contributed by atoms with Crippen LogP contribution in [-0.2, 0) is 6.42 Å². The standard InChI is InChI=1S/C14H18N4O/c1-10-5-4-6-15-12(10)9-11(2)18-13-14(19-3)17-8-7-16-13/h4-8,11H,9H2,1-3H3,(H,16,18). The fourth-order valence-electron chi connectivity index (χ4n) is 1.88. The number of aromatic nitrogens is 3. The average molecular weight is 258 g/mol. The number of hydrogen-bond acceptors (Lipinski definition) is 5. The maximum atomic E-state index is 5.17. The topological polar surface area (TPSA) is 59.9 Å². The van der Waals surface area contributed by atoms with Gasteiger partial charge in [-0.25, -0.2) is 9.97 Å². The van der Waals surface area contributed by atoms with Gasteiger partial charge in [-0.05, 0) is 25.5 Å². The largest absolute Gasteiger partial charge is 0.478 e. The molecule has 0 aliphatic rings. The van der Waals surface area contributed by atoms with Gasteiger partial charge in [0.2, 0.25) is 0 Å². The van der Waals surface area contributed by atoms with Crippen LogP contribution in [0, 0.1) is 6.92 Å². The summed E-state index contributed by atoms with van der Waals surface area (Å²) in [5.74, 6) is 1.16. The second-order valence-electron chi connectivity index (χ2n) is 4.43. The molecule has 5 nitrogen and oxygen atoms in total. The zero-order valence-electron chi connectivity index (χ0n) is 11.4. The van der Waals surface area contributed by atoms with Crippen LogP contribution in [0.15, 0.2) is 30.7 Å². The van der Waals surface area contributed by atoms with Gasteiger partial charge in [-0.1, -0.05) is 6.07 Å². The van der Waals surface area contributed by atoms with Crippen molar-refractivity contribution in [2.24, 2.45) is 0 Å². The van der Waals surface area contributed by atoms with Gasteiger partial charge < -0.3 is 10.1 Å². The summed E-state index contributed by atoms with van der Waals surface area (Å²) >= 11 is 0. The maximum Gasteiger partial charge on any atom is 0.257 e. The van der Waals surface area contributed by atoms with Crippen LogP contribution >= 0.6 is 0 Å². The maximum absolute atomic E-state index is 5.17. The Morgan fingerprint density at radius 2 is 2.00 bits per heavy atom. The molecule has 1 unspecified atom stereocenters. The van der Waals surface area contributed by atoms with Crippen molar-refractivity contribution in [2.75, 3.05) is 12.4 Å². The molecule has 0 aliphatic heterocycles. The molecule has 2 heterocycles. The minimum Gasteiger partial charge on any atom is -0.478 e. The molecule has 19 heavy (non-hydrogen) atoms. The number of methoxy groups -OCH3 is 1. The quantitative estimate of drug-likeness (QED) is 0.891. The molecule has 0 aliphatic carbocycles. The molecule has 2 aromatic heterocycles. The molecule has 0 radical (unpaired) electrons. The van der Waals surface area contributed by atoms with Gasteiger partial charge in [0, 0.05) is 36.7 Å². The molecule has 2 rings (SSSR count). The molecular weight excluding hydrogens is 240 g/mol. The Bertz CT molecular complexity index is 544. The lowest BCUT2D eigenvalue weighted by Crippen LogP contribution is -2.20. The van der Waals surface area contributed by atoms with Gasteiger partial charge in [-0.2, -0.15) is 0 Å². The third-order valence-electron chi connectivity index (χ3n) is 2.86. The summed E-state index contributed by atoms with van der Waals surface area (Å²) in [6.45, 7) is 4.15. The van der Waals surface area contributed by atoms with Crippen LogP contribution in [0.4, 0.5) is 5.82 Å².